The van der Waals surface area contributed by atoms with Gasteiger partial charge < -0.3 is 15.6 Å². The lowest BCUT2D eigenvalue weighted by molar-refractivity contribution is -0.210. The second-order valence-corrected chi connectivity index (χ2v) is 3.46. The zero-order valence-corrected chi connectivity index (χ0v) is 10.1. The highest BCUT2D eigenvalue weighted by Crippen LogP contribution is 2.29. The molecule has 3 nitrogen and oxygen atoms in total. The summed E-state index contributed by atoms with van der Waals surface area (Å²) in [6, 6.07) is 2.56. The lowest BCUT2D eigenvalue weighted by Crippen LogP contribution is -2.38. The molecule has 19 heavy (non-hydrogen) atoms. The third-order valence-electron chi connectivity index (χ3n) is 2.17. The van der Waals surface area contributed by atoms with E-state index < -0.39 is 24.9 Å². The first kappa shape index (κ1) is 17.9. The van der Waals surface area contributed by atoms with E-state index in [0.29, 0.717) is 0 Å². The van der Waals surface area contributed by atoms with Crippen LogP contribution >= 0.6 is 12.4 Å². The summed E-state index contributed by atoms with van der Waals surface area (Å²) in [5, 5.41) is 8.92. The summed E-state index contributed by atoms with van der Waals surface area (Å²) in [4.78, 5) is 0. The zero-order valence-electron chi connectivity index (χ0n) is 9.27. The fourth-order valence-electron chi connectivity index (χ4n) is 1.26. The maximum atomic E-state index is 12.2. The normalized spacial score (nSPS) is 14.7. The summed E-state index contributed by atoms with van der Waals surface area (Å²) >= 11 is 0. The Labute approximate surface area is 111 Å². The van der Waals surface area contributed by atoms with E-state index in [-0.39, 0.29) is 23.7 Å². The first-order valence-corrected chi connectivity index (χ1v) is 4.77. The molecule has 0 aliphatic heterocycles. The molecule has 0 spiro atoms. The van der Waals surface area contributed by atoms with E-state index in [1.165, 1.54) is 0 Å². The van der Waals surface area contributed by atoms with Crippen molar-refractivity contribution in [2.45, 2.75) is 24.9 Å². The molecular formula is C10H11ClF5NO2. The molecule has 0 aliphatic rings. The number of hydrogen-bond acceptors (Lipinski definition) is 3. The SMILES string of the molecule is Cl.N[C@@H](c1ccc(OC(F)F)cc1)[C@H](O)C(F)(F)F. The number of nitrogens with two attached hydrogens (primary N) is 1. The van der Waals surface area contributed by atoms with E-state index in [0.717, 1.165) is 24.3 Å². The second kappa shape index (κ2) is 6.88. The van der Waals surface area contributed by atoms with E-state index in [9.17, 15) is 22.0 Å². The molecule has 0 aliphatic carbocycles. The van der Waals surface area contributed by atoms with E-state index in [4.69, 9.17) is 10.8 Å². The number of aliphatic hydroxyl groups is 1. The minimum atomic E-state index is -4.85. The summed E-state index contributed by atoms with van der Waals surface area (Å²) < 4.78 is 64.2. The molecule has 0 aromatic heterocycles. The van der Waals surface area contributed by atoms with Gasteiger partial charge >= 0.3 is 12.8 Å². The highest BCUT2D eigenvalue weighted by atomic mass is 35.5. The van der Waals surface area contributed by atoms with Gasteiger partial charge in [0.25, 0.3) is 0 Å². The monoisotopic (exact) mass is 307 g/mol. The number of halogens is 6. The van der Waals surface area contributed by atoms with Crippen molar-refractivity contribution in [3.63, 3.8) is 0 Å². The van der Waals surface area contributed by atoms with Crippen molar-refractivity contribution in [3.8, 4) is 5.75 Å². The van der Waals surface area contributed by atoms with Crippen LogP contribution in [0.15, 0.2) is 24.3 Å². The van der Waals surface area contributed by atoms with Crippen LogP contribution in [0.25, 0.3) is 0 Å². The Morgan fingerprint density at radius 1 is 1.11 bits per heavy atom. The Hall–Kier alpha value is -1.12. The van der Waals surface area contributed by atoms with Gasteiger partial charge in [0.2, 0.25) is 0 Å². The molecule has 0 saturated carbocycles. The lowest BCUT2D eigenvalue weighted by atomic mass is 10.0. The van der Waals surface area contributed by atoms with Crippen molar-refractivity contribution in [1.29, 1.82) is 0 Å². The maximum absolute atomic E-state index is 12.2. The molecule has 0 bridgehead atoms. The van der Waals surface area contributed by atoms with Crippen molar-refractivity contribution in [1.82, 2.24) is 0 Å². The molecule has 1 aromatic carbocycles. The Balaban J connectivity index is 0.00000324. The summed E-state index contributed by atoms with van der Waals surface area (Å²) in [5.41, 5.74) is 5.18. The average Bonchev–Trinajstić information content (AvgIpc) is 2.26. The highest BCUT2D eigenvalue weighted by molar-refractivity contribution is 5.85. The Kier molecular flexibility index (Phi) is 6.47. The first-order valence-electron chi connectivity index (χ1n) is 4.77. The van der Waals surface area contributed by atoms with Crippen molar-refractivity contribution in [2.24, 2.45) is 5.73 Å². The maximum Gasteiger partial charge on any atom is 0.416 e. The molecular weight excluding hydrogens is 297 g/mol. The van der Waals surface area contributed by atoms with Crippen molar-refractivity contribution < 1.29 is 31.8 Å². The number of ether oxygens (including phenoxy) is 1. The topological polar surface area (TPSA) is 55.5 Å². The molecule has 0 heterocycles. The van der Waals surface area contributed by atoms with Gasteiger partial charge in [-0.3, -0.25) is 0 Å². The van der Waals surface area contributed by atoms with E-state index in [1.54, 1.807) is 0 Å². The molecule has 9 heteroatoms. The number of hydrogen-bond donors (Lipinski definition) is 2. The van der Waals surface area contributed by atoms with Crippen molar-refractivity contribution >= 4 is 12.4 Å². The van der Waals surface area contributed by atoms with Crippen LogP contribution in [0.5, 0.6) is 5.75 Å². The summed E-state index contributed by atoms with van der Waals surface area (Å²) in [7, 11) is 0. The predicted molar refractivity (Wildman–Crippen MR) is 59.3 cm³/mol. The van der Waals surface area contributed by atoms with Crippen LogP contribution in [0.4, 0.5) is 22.0 Å². The molecule has 1 aromatic rings. The minimum absolute atomic E-state index is 0. The molecule has 0 saturated heterocycles. The number of alkyl halides is 5. The summed E-state index contributed by atoms with van der Waals surface area (Å²) in [6.07, 6.45) is -7.57. The molecule has 110 valence electrons. The minimum Gasteiger partial charge on any atom is -0.435 e. The molecule has 0 fully saturated rings. The zero-order chi connectivity index (χ0) is 13.9. The van der Waals surface area contributed by atoms with Gasteiger partial charge in [0.1, 0.15) is 5.75 Å². The van der Waals surface area contributed by atoms with Gasteiger partial charge in [-0.15, -0.1) is 12.4 Å². The van der Waals surface area contributed by atoms with Gasteiger partial charge in [0.15, 0.2) is 6.10 Å². The van der Waals surface area contributed by atoms with Crippen molar-refractivity contribution in [2.75, 3.05) is 0 Å². The third-order valence-corrected chi connectivity index (χ3v) is 2.17. The fourth-order valence-corrected chi connectivity index (χ4v) is 1.26. The average molecular weight is 308 g/mol. The third kappa shape index (κ3) is 5.17. The smallest absolute Gasteiger partial charge is 0.416 e. The number of rotatable bonds is 4. The largest absolute Gasteiger partial charge is 0.435 e. The lowest BCUT2D eigenvalue weighted by Gasteiger charge is -2.21. The van der Waals surface area contributed by atoms with Crippen LogP contribution in [-0.4, -0.2) is 24.0 Å². The number of benzene rings is 1. The molecule has 0 radical (unpaired) electrons. The van der Waals surface area contributed by atoms with E-state index in [1.807, 2.05) is 0 Å². The van der Waals surface area contributed by atoms with E-state index >= 15 is 0 Å². The Morgan fingerprint density at radius 3 is 1.95 bits per heavy atom. The number of aliphatic hydroxyl groups excluding tert-OH is 1. The summed E-state index contributed by atoms with van der Waals surface area (Å²) in [5.74, 6) is -0.206. The van der Waals surface area contributed by atoms with Gasteiger partial charge in [-0.2, -0.15) is 22.0 Å². The Morgan fingerprint density at radius 2 is 1.58 bits per heavy atom. The molecule has 1 rings (SSSR count). The van der Waals surface area contributed by atoms with Crippen molar-refractivity contribution in [3.05, 3.63) is 29.8 Å². The van der Waals surface area contributed by atoms with Crippen LogP contribution in [0, 0.1) is 0 Å². The second-order valence-electron chi connectivity index (χ2n) is 3.46. The van der Waals surface area contributed by atoms with E-state index in [2.05, 4.69) is 4.74 Å². The van der Waals surface area contributed by atoms with Crippen LogP contribution in [-0.2, 0) is 0 Å². The van der Waals surface area contributed by atoms with Gasteiger partial charge in [-0.25, -0.2) is 0 Å². The summed E-state index contributed by atoms with van der Waals surface area (Å²) in [6.45, 7) is -3.02. The van der Waals surface area contributed by atoms with Gasteiger partial charge in [0, 0.05) is 0 Å². The quantitative estimate of drug-likeness (QED) is 0.841. The molecule has 2 atom stereocenters. The van der Waals surface area contributed by atoms with Crippen LogP contribution < -0.4 is 10.5 Å². The van der Waals surface area contributed by atoms with Gasteiger partial charge in [-0.05, 0) is 17.7 Å². The van der Waals surface area contributed by atoms with Crippen LogP contribution in [0.3, 0.4) is 0 Å². The van der Waals surface area contributed by atoms with Crippen LogP contribution in [0.2, 0.25) is 0 Å². The van der Waals surface area contributed by atoms with Gasteiger partial charge in [0.05, 0.1) is 6.04 Å². The Bertz CT molecular complexity index is 385. The van der Waals surface area contributed by atoms with Gasteiger partial charge in [-0.1, -0.05) is 12.1 Å². The first-order chi connectivity index (χ1) is 8.21. The van der Waals surface area contributed by atoms with Crippen LogP contribution in [0.1, 0.15) is 11.6 Å². The molecule has 3 N–H and O–H groups in total. The predicted octanol–water partition coefficient (Wildman–Crippen LogP) is 2.63. The fraction of sp³-hybridized carbons (Fsp3) is 0.400. The molecule has 0 unspecified atom stereocenters. The molecule has 0 amide bonds. The highest BCUT2D eigenvalue weighted by Gasteiger charge is 2.42. The standard InChI is InChI=1S/C10H10F5NO2.ClH/c11-9(12)18-6-3-1-5(2-4-6)7(16)8(17)10(13,14)15;/h1-4,7-9,17H,16H2;1H/t7-,8-;/m0./s1.